The first kappa shape index (κ1) is 24.7. The van der Waals surface area contributed by atoms with Gasteiger partial charge in [0.1, 0.15) is 16.7 Å². The Kier molecular flexibility index (Phi) is 6.06. The monoisotopic (exact) mass is 514 g/mol. The topological polar surface area (TPSA) is 78.0 Å². The molecule has 0 spiro atoms. The number of para-hydroxylation sites is 2. The highest BCUT2D eigenvalue weighted by atomic mass is 16.1. The van der Waals surface area contributed by atoms with E-state index in [1.165, 1.54) is 11.1 Å². The molecule has 6 rings (SSSR count). The Labute approximate surface area is 226 Å². The van der Waals surface area contributed by atoms with Crippen LogP contribution in [0, 0.1) is 6.92 Å². The van der Waals surface area contributed by atoms with E-state index in [-0.39, 0.29) is 11.0 Å². The molecule has 3 aromatic heterocycles. The molecule has 194 valence electrons. The number of aryl methyl sites for hydroxylation is 2. The Hall–Kier alpha value is -4.65. The Morgan fingerprint density at radius 2 is 1.49 bits per heavy atom. The zero-order chi connectivity index (χ0) is 27.1. The van der Waals surface area contributed by atoms with Crippen molar-refractivity contribution < 1.29 is 0 Å². The fourth-order valence-electron chi connectivity index (χ4n) is 4.87. The minimum absolute atomic E-state index is 0.0704. The quantitative estimate of drug-likeness (QED) is 0.263. The number of hydrogen-bond donors (Lipinski definition) is 0. The largest absolute Gasteiger partial charge is 0.296 e. The van der Waals surface area contributed by atoms with E-state index >= 15 is 0 Å². The first-order chi connectivity index (χ1) is 18.8. The van der Waals surface area contributed by atoms with E-state index in [9.17, 15) is 4.79 Å². The summed E-state index contributed by atoms with van der Waals surface area (Å²) >= 11 is 0. The molecule has 6 aromatic rings. The van der Waals surface area contributed by atoms with E-state index in [0.29, 0.717) is 34.6 Å². The van der Waals surface area contributed by atoms with Crippen molar-refractivity contribution in [2.24, 2.45) is 5.10 Å². The first-order valence-corrected chi connectivity index (χ1v) is 13.2. The Balaban J connectivity index is 1.52. The number of aromatic nitrogens is 5. The van der Waals surface area contributed by atoms with Gasteiger partial charge < -0.3 is 0 Å². The van der Waals surface area contributed by atoms with Crippen molar-refractivity contribution in [3.05, 3.63) is 112 Å². The van der Waals surface area contributed by atoms with Crippen LogP contribution in [0.5, 0.6) is 0 Å². The van der Waals surface area contributed by atoms with Gasteiger partial charge in [0, 0.05) is 6.54 Å². The second-order valence-electron chi connectivity index (χ2n) is 10.9. The van der Waals surface area contributed by atoms with Gasteiger partial charge in [-0.3, -0.25) is 9.36 Å². The van der Waals surface area contributed by atoms with Gasteiger partial charge in [-0.25, -0.2) is 15.0 Å². The van der Waals surface area contributed by atoms with Crippen LogP contribution in [0.2, 0.25) is 0 Å². The number of nitrogens with zero attached hydrogens (tertiary/aromatic N) is 6. The maximum atomic E-state index is 13.9. The number of benzene rings is 3. The first-order valence-electron chi connectivity index (χ1n) is 13.2. The van der Waals surface area contributed by atoms with Gasteiger partial charge in [0.2, 0.25) is 0 Å². The molecule has 0 radical (unpaired) electrons. The lowest BCUT2D eigenvalue weighted by Gasteiger charge is -2.18. The lowest BCUT2D eigenvalue weighted by Crippen LogP contribution is -2.25. The van der Waals surface area contributed by atoms with Crippen molar-refractivity contribution in [3.8, 4) is 0 Å². The molecular formula is C32H30N6O. The molecule has 7 nitrogen and oxygen atoms in total. The predicted molar refractivity (Wildman–Crippen MR) is 158 cm³/mol. The SMILES string of the molecule is Cc1nc2c(c(=O)n1CCc1ccccc1)c1nc3ccccc3nc1n2/N=C/c1ccc(C(C)(C)C)cc1. The van der Waals surface area contributed by atoms with Crippen molar-refractivity contribution >= 4 is 39.4 Å². The van der Waals surface area contributed by atoms with Crippen LogP contribution in [0.3, 0.4) is 0 Å². The number of hydrogen-bond acceptors (Lipinski definition) is 5. The smallest absolute Gasteiger partial charge is 0.265 e. The third kappa shape index (κ3) is 4.61. The molecule has 0 aliphatic carbocycles. The van der Waals surface area contributed by atoms with Crippen LogP contribution in [0.1, 0.15) is 43.3 Å². The van der Waals surface area contributed by atoms with Crippen molar-refractivity contribution in [1.29, 1.82) is 0 Å². The minimum atomic E-state index is -0.133. The van der Waals surface area contributed by atoms with Crippen molar-refractivity contribution in [1.82, 2.24) is 24.2 Å². The molecule has 0 aliphatic rings. The molecule has 0 unspecified atom stereocenters. The molecule has 3 aromatic carbocycles. The third-order valence-corrected chi connectivity index (χ3v) is 7.10. The molecular weight excluding hydrogens is 484 g/mol. The van der Waals surface area contributed by atoms with Crippen molar-refractivity contribution in [3.63, 3.8) is 0 Å². The molecule has 0 fully saturated rings. The summed E-state index contributed by atoms with van der Waals surface area (Å²) in [5, 5.41) is 5.21. The maximum Gasteiger partial charge on any atom is 0.265 e. The van der Waals surface area contributed by atoms with Crippen molar-refractivity contribution in [2.75, 3.05) is 0 Å². The second kappa shape index (κ2) is 9.58. The summed E-state index contributed by atoms with van der Waals surface area (Å²) in [5.41, 5.74) is 6.24. The average molecular weight is 515 g/mol. The maximum absolute atomic E-state index is 13.9. The molecule has 39 heavy (non-hydrogen) atoms. The fraction of sp³-hybridized carbons (Fsp3) is 0.219. The van der Waals surface area contributed by atoms with Crippen LogP contribution in [-0.4, -0.2) is 30.4 Å². The molecule has 0 atom stereocenters. The zero-order valence-corrected chi connectivity index (χ0v) is 22.6. The predicted octanol–water partition coefficient (Wildman–Crippen LogP) is 6.03. The van der Waals surface area contributed by atoms with Gasteiger partial charge in [0.25, 0.3) is 5.56 Å². The van der Waals surface area contributed by atoms with E-state index in [0.717, 1.165) is 23.0 Å². The molecule has 0 bridgehead atoms. The summed E-state index contributed by atoms with van der Waals surface area (Å²) in [4.78, 5) is 28.5. The summed E-state index contributed by atoms with van der Waals surface area (Å²) < 4.78 is 3.38. The van der Waals surface area contributed by atoms with Gasteiger partial charge in [0.05, 0.1) is 17.2 Å². The highest BCUT2D eigenvalue weighted by molar-refractivity contribution is 6.05. The van der Waals surface area contributed by atoms with E-state index in [4.69, 9.17) is 20.1 Å². The van der Waals surface area contributed by atoms with E-state index in [2.05, 4.69) is 45.0 Å². The summed E-state index contributed by atoms with van der Waals surface area (Å²) in [7, 11) is 0. The zero-order valence-electron chi connectivity index (χ0n) is 22.6. The van der Waals surface area contributed by atoms with E-state index < -0.39 is 0 Å². The summed E-state index contributed by atoms with van der Waals surface area (Å²) in [6.07, 6.45) is 2.50. The van der Waals surface area contributed by atoms with Gasteiger partial charge in [-0.05, 0) is 47.6 Å². The molecule has 7 heteroatoms. The van der Waals surface area contributed by atoms with Crippen LogP contribution >= 0.6 is 0 Å². The molecule has 0 N–H and O–H groups in total. The highest BCUT2D eigenvalue weighted by Gasteiger charge is 2.21. The number of fused-ring (bicyclic) bond motifs is 4. The third-order valence-electron chi connectivity index (χ3n) is 7.10. The van der Waals surface area contributed by atoms with E-state index in [1.54, 1.807) is 15.5 Å². The summed E-state index contributed by atoms with van der Waals surface area (Å²) in [5.74, 6) is 0.627. The van der Waals surface area contributed by atoms with Gasteiger partial charge in [-0.2, -0.15) is 9.78 Å². The highest BCUT2D eigenvalue weighted by Crippen LogP contribution is 2.26. The Morgan fingerprint density at radius 1 is 0.821 bits per heavy atom. The molecule has 0 aliphatic heterocycles. The Morgan fingerprint density at radius 3 is 2.18 bits per heavy atom. The average Bonchev–Trinajstić information content (AvgIpc) is 3.22. The Bertz CT molecular complexity index is 1910. The summed E-state index contributed by atoms with van der Waals surface area (Å²) in [6, 6.07) is 26.1. The van der Waals surface area contributed by atoms with Crippen LogP contribution in [0.4, 0.5) is 0 Å². The van der Waals surface area contributed by atoms with Crippen molar-refractivity contribution in [2.45, 2.75) is 46.1 Å². The van der Waals surface area contributed by atoms with Crippen LogP contribution in [-0.2, 0) is 18.4 Å². The number of rotatable bonds is 5. The van der Waals surface area contributed by atoms with Crippen LogP contribution in [0.25, 0.3) is 33.2 Å². The van der Waals surface area contributed by atoms with Gasteiger partial charge in [-0.1, -0.05) is 87.5 Å². The lowest BCUT2D eigenvalue weighted by molar-refractivity contribution is 0.590. The van der Waals surface area contributed by atoms with Crippen LogP contribution < -0.4 is 5.56 Å². The van der Waals surface area contributed by atoms with E-state index in [1.807, 2.05) is 61.5 Å². The van der Waals surface area contributed by atoms with Gasteiger partial charge in [0.15, 0.2) is 11.3 Å². The molecule has 0 saturated carbocycles. The standard InChI is InChI=1S/C32H30N6O/c1-21-34-29-27(31(39)37(21)19-18-22-10-6-5-7-11-22)28-30(36-26-13-9-8-12-25(26)35-28)38(29)33-20-23-14-16-24(17-15-23)32(2,3)4/h5-17,20H,18-19H2,1-4H3/b33-20+. The molecule has 0 amide bonds. The molecule has 0 saturated heterocycles. The molecule has 3 heterocycles. The van der Waals surface area contributed by atoms with Crippen LogP contribution in [0.15, 0.2) is 88.8 Å². The van der Waals surface area contributed by atoms with Gasteiger partial charge in [-0.15, -0.1) is 0 Å². The minimum Gasteiger partial charge on any atom is -0.296 e. The fourth-order valence-corrected chi connectivity index (χ4v) is 4.87. The lowest BCUT2D eigenvalue weighted by atomic mass is 9.87. The second-order valence-corrected chi connectivity index (χ2v) is 10.9. The summed E-state index contributed by atoms with van der Waals surface area (Å²) in [6.45, 7) is 8.96. The normalized spacial score (nSPS) is 12.3. The van der Waals surface area contributed by atoms with Gasteiger partial charge >= 0.3 is 0 Å².